The van der Waals surface area contributed by atoms with Gasteiger partial charge in [-0.25, -0.2) is 9.07 Å². The number of aromatic nitrogens is 4. The monoisotopic (exact) mass is 397 g/mol. The highest BCUT2D eigenvalue weighted by Crippen LogP contribution is 2.32. The number of benzene rings is 2. The van der Waals surface area contributed by atoms with E-state index in [2.05, 4.69) is 20.4 Å². The lowest BCUT2D eigenvalue weighted by Crippen LogP contribution is -3.13. The minimum atomic E-state index is -0.163. The molecular formula is C20H22FN6O2+. The third-order valence-electron chi connectivity index (χ3n) is 5.45. The molecule has 0 aliphatic carbocycles. The van der Waals surface area contributed by atoms with Crippen LogP contribution >= 0.6 is 0 Å². The maximum atomic E-state index is 14.0. The number of nitrogens with one attached hydrogen (secondary N) is 1. The van der Waals surface area contributed by atoms with Crippen molar-refractivity contribution < 1.29 is 18.8 Å². The average molecular weight is 397 g/mol. The molecule has 8 nitrogen and oxygen atoms in total. The van der Waals surface area contributed by atoms with E-state index in [-0.39, 0.29) is 12.6 Å². The fourth-order valence-corrected chi connectivity index (χ4v) is 3.86. The van der Waals surface area contributed by atoms with Crippen molar-refractivity contribution in [1.29, 1.82) is 0 Å². The van der Waals surface area contributed by atoms with Crippen LogP contribution in [0.15, 0.2) is 42.5 Å². The van der Waals surface area contributed by atoms with Gasteiger partial charge in [-0.2, -0.15) is 0 Å². The number of quaternary nitrogens is 1. The van der Waals surface area contributed by atoms with Gasteiger partial charge in [0.1, 0.15) is 12.4 Å². The molecule has 0 spiro atoms. The van der Waals surface area contributed by atoms with Gasteiger partial charge in [0, 0.05) is 0 Å². The first-order valence-electron chi connectivity index (χ1n) is 9.73. The SMILES string of the molecule is Fc1ccccc1N1CC[NH+](Cc2nnnn2Cc2ccc3c(c2)OCO3)CC1. The van der Waals surface area contributed by atoms with Gasteiger partial charge in [-0.1, -0.05) is 18.2 Å². The number of piperazine rings is 1. The Morgan fingerprint density at radius 3 is 2.72 bits per heavy atom. The number of tetrazole rings is 1. The molecule has 1 saturated heterocycles. The third kappa shape index (κ3) is 3.73. The topological polar surface area (TPSA) is 69.7 Å². The first-order chi connectivity index (χ1) is 14.3. The second kappa shape index (κ2) is 7.67. The van der Waals surface area contributed by atoms with E-state index in [1.165, 1.54) is 11.0 Å². The number of ether oxygens (including phenoxy) is 2. The Morgan fingerprint density at radius 2 is 1.86 bits per heavy atom. The highest BCUT2D eigenvalue weighted by molar-refractivity contribution is 5.47. The summed E-state index contributed by atoms with van der Waals surface area (Å²) >= 11 is 0. The molecular weight excluding hydrogens is 375 g/mol. The Hall–Kier alpha value is -3.20. The molecule has 0 atom stereocenters. The lowest BCUT2D eigenvalue weighted by molar-refractivity contribution is -0.915. The van der Waals surface area contributed by atoms with E-state index in [0.29, 0.717) is 12.2 Å². The molecule has 2 aliphatic rings. The molecule has 1 N–H and O–H groups in total. The Balaban J connectivity index is 1.22. The van der Waals surface area contributed by atoms with Crippen LogP contribution in [0.25, 0.3) is 0 Å². The van der Waals surface area contributed by atoms with Crippen molar-refractivity contribution in [2.45, 2.75) is 13.1 Å². The highest BCUT2D eigenvalue weighted by Gasteiger charge is 2.24. The number of halogens is 1. The standard InChI is InChI=1S/C20H21FN6O2/c21-16-3-1-2-4-17(16)26-9-7-25(8-10-26)13-20-22-23-24-27(20)12-15-5-6-18-19(11-15)29-14-28-18/h1-6,11H,7-10,12-14H2/p+1. The molecule has 150 valence electrons. The summed E-state index contributed by atoms with van der Waals surface area (Å²) < 4.78 is 26.7. The number of para-hydroxylation sites is 1. The number of rotatable bonds is 5. The Bertz CT molecular complexity index is 1000. The fraction of sp³-hybridized carbons (Fsp3) is 0.350. The van der Waals surface area contributed by atoms with Crippen LogP contribution < -0.4 is 19.3 Å². The molecule has 1 fully saturated rings. The normalized spacial score (nSPS) is 16.4. The summed E-state index contributed by atoms with van der Waals surface area (Å²) in [5.74, 6) is 2.20. The van der Waals surface area contributed by atoms with Crippen molar-refractivity contribution in [2.24, 2.45) is 0 Å². The van der Waals surface area contributed by atoms with Crippen LogP contribution in [-0.2, 0) is 13.1 Å². The molecule has 3 aromatic rings. The molecule has 0 bridgehead atoms. The smallest absolute Gasteiger partial charge is 0.231 e. The summed E-state index contributed by atoms with van der Waals surface area (Å²) in [7, 11) is 0. The summed E-state index contributed by atoms with van der Waals surface area (Å²) in [6.07, 6.45) is 0. The van der Waals surface area contributed by atoms with E-state index in [1.54, 1.807) is 6.07 Å². The van der Waals surface area contributed by atoms with Crippen molar-refractivity contribution >= 4 is 5.69 Å². The number of hydrogen-bond donors (Lipinski definition) is 1. The summed E-state index contributed by atoms with van der Waals surface area (Å²) in [4.78, 5) is 3.49. The predicted octanol–water partition coefficient (Wildman–Crippen LogP) is 0.494. The van der Waals surface area contributed by atoms with Crippen LogP contribution in [0.1, 0.15) is 11.4 Å². The van der Waals surface area contributed by atoms with E-state index in [9.17, 15) is 4.39 Å². The van der Waals surface area contributed by atoms with E-state index < -0.39 is 0 Å². The Labute approximate surface area is 167 Å². The van der Waals surface area contributed by atoms with Crippen LogP contribution in [-0.4, -0.2) is 53.2 Å². The van der Waals surface area contributed by atoms with Gasteiger partial charge in [0.05, 0.1) is 38.4 Å². The van der Waals surface area contributed by atoms with Gasteiger partial charge in [0.2, 0.25) is 12.6 Å². The molecule has 3 heterocycles. The molecule has 0 radical (unpaired) electrons. The molecule has 0 amide bonds. The molecule has 0 unspecified atom stereocenters. The van der Waals surface area contributed by atoms with E-state index in [1.807, 2.05) is 35.0 Å². The fourth-order valence-electron chi connectivity index (χ4n) is 3.86. The van der Waals surface area contributed by atoms with Gasteiger partial charge < -0.3 is 19.3 Å². The zero-order chi connectivity index (χ0) is 19.6. The van der Waals surface area contributed by atoms with Crippen LogP contribution in [0.5, 0.6) is 11.5 Å². The van der Waals surface area contributed by atoms with Gasteiger partial charge in [0.25, 0.3) is 0 Å². The van der Waals surface area contributed by atoms with Gasteiger partial charge in [-0.05, 0) is 40.3 Å². The van der Waals surface area contributed by atoms with Gasteiger partial charge >= 0.3 is 0 Å². The third-order valence-corrected chi connectivity index (χ3v) is 5.45. The lowest BCUT2D eigenvalue weighted by Gasteiger charge is -2.33. The van der Waals surface area contributed by atoms with Crippen molar-refractivity contribution in [3.05, 3.63) is 59.7 Å². The van der Waals surface area contributed by atoms with Crippen molar-refractivity contribution in [1.82, 2.24) is 20.2 Å². The van der Waals surface area contributed by atoms with E-state index >= 15 is 0 Å². The van der Waals surface area contributed by atoms with E-state index in [0.717, 1.165) is 55.6 Å². The Kier molecular flexibility index (Phi) is 4.73. The van der Waals surface area contributed by atoms with Crippen LogP contribution in [0.2, 0.25) is 0 Å². The summed E-state index contributed by atoms with van der Waals surface area (Å²) in [6.45, 7) is 5.00. The van der Waals surface area contributed by atoms with Crippen LogP contribution in [0.3, 0.4) is 0 Å². The van der Waals surface area contributed by atoms with Crippen LogP contribution in [0.4, 0.5) is 10.1 Å². The van der Waals surface area contributed by atoms with Gasteiger partial charge in [-0.15, -0.1) is 5.10 Å². The first-order valence-corrected chi connectivity index (χ1v) is 9.73. The van der Waals surface area contributed by atoms with Crippen LogP contribution in [0, 0.1) is 5.82 Å². The number of hydrogen-bond acceptors (Lipinski definition) is 6. The zero-order valence-electron chi connectivity index (χ0n) is 15.9. The minimum Gasteiger partial charge on any atom is -0.454 e. The minimum absolute atomic E-state index is 0.163. The predicted molar refractivity (Wildman–Crippen MR) is 102 cm³/mol. The number of nitrogens with zero attached hydrogens (tertiary/aromatic N) is 5. The molecule has 2 aliphatic heterocycles. The van der Waals surface area contributed by atoms with Crippen molar-refractivity contribution in [3.8, 4) is 11.5 Å². The first kappa shape index (κ1) is 17.9. The lowest BCUT2D eigenvalue weighted by atomic mass is 10.2. The van der Waals surface area contributed by atoms with E-state index in [4.69, 9.17) is 9.47 Å². The number of anilines is 1. The molecule has 5 rings (SSSR count). The second-order valence-electron chi connectivity index (χ2n) is 7.31. The molecule has 9 heteroatoms. The van der Waals surface area contributed by atoms with Gasteiger partial charge in [0.15, 0.2) is 11.5 Å². The maximum Gasteiger partial charge on any atom is 0.231 e. The summed E-state index contributed by atoms with van der Waals surface area (Å²) in [5, 5.41) is 12.2. The second-order valence-corrected chi connectivity index (χ2v) is 7.31. The maximum absolute atomic E-state index is 14.0. The molecule has 29 heavy (non-hydrogen) atoms. The molecule has 2 aromatic carbocycles. The zero-order valence-corrected chi connectivity index (χ0v) is 15.9. The Morgan fingerprint density at radius 1 is 1.03 bits per heavy atom. The molecule has 0 saturated carbocycles. The van der Waals surface area contributed by atoms with Gasteiger partial charge in [-0.3, -0.25) is 0 Å². The largest absolute Gasteiger partial charge is 0.454 e. The highest BCUT2D eigenvalue weighted by atomic mass is 19.1. The van der Waals surface area contributed by atoms with Crippen molar-refractivity contribution in [2.75, 3.05) is 37.9 Å². The number of fused-ring (bicyclic) bond motifs is 1. The average Bonchev–Trinajstić information content (AvgIpc) is 3.38. The summed E-state index contributed by atoms with van der Waals surface area (Å²) in [6, 6.07) is 12.8. The quantitative estimate of drug-likeness (QED) is 0.676. The van der Waals surface area contributed by atoms with Crippen molar-refractivity contribution in [3.63, 3.8) is 0 Å². The molecule has 1 aromatic heterocycles. The summed E-state index contributed by atoms with van der Waals surface area (Å²) in [5.41, 5.74) is 1.74.